The molecule has 5 aliphatic carbocycles. The van der Waals surface area contributed by atoms with E-state index >= 15 is 0 Å². The molecule has 2 heterocycles. The van der Waals surface area contributed by atoms with Gasteiger partial charge < -0.3 is 33.7 Å². The summed E-state index contributed by atoms with van der Waals surface area (Å²) in [6.45, 7) is 26.6. The lowest BCUT2D eigenvalue weighted by Crippen LogP contribution is -2.60. The van der Waals surface area contributed by atoms with Gasteiger partial charge in [0.2, 0.25) is 0 Å². The maximum Gasteiger partial charge on any atom is 0.410 e. The molecule has 8 nitrogen and oxygen atoms in total. The highest BCUT2D eigenvalue weighted by Gasteiger charge is 2.88. The summed E-state index contributed by atoms with van der Waals surface area (Å²) in [6.07, 6.45) is 7.11. The van der Waals surface area contributed by atoms with Crippen LogP contribution < -0.4 is 0 Å². The largest absolute Gasteiger partial charge is 0.446 e. The van der Waals surface area contributed by atoms with Gasteiger partial charge in [0.05, 0.1) is 37.1 Å². The van der Waals surface area contributed by atoms with E-state index in [2.05, 4.69) is 48.5 Å². The van der Waals surface area contributed by atoms with Crippen LogP contribution in [0.15, 0.2) is 0 Å². The Morgan fingerprint density at radius 3 is 2.27 bits per heavy atom. The molecule has 14 atom stereocenters. The van der Waals surface area contributed by atoms with Crippen LogP contribution in [-0.2, 0) is 23.7 Å². The fraction of sp³-hybridized carbons (Fsp3) is 0.975. The number of morpholine rings is 1. The summed E-state index contributed by atoms with van der Waals surface area (Å²) in [6, 6.07) is 0. The number of carbonyl (C=O) groups is 1. The zero-order valence-electron chi connectivity index (χ0n) is 31.8. The molecule has 0 unspecified atom stereocenters. The zero-order valence-corrected chi connectivity index (χ0v) is 31.8. The smallest absolute Gasteiger partial charge is 0.410 e. The molecule has 0 bridgehead atoms. The van der Waals surface area contributed by atoms with Crippen molar-refractivity contribution in [2.45, 2.75) is 150 Å². The number of aliphatic hydroxyl groups is 1. The van der Waals surface area contributed by atoms with Crippen LogP contribution in [-0.4, -0.2) is 91.7 Å². The first-order chi connectivity index (χ1) is 22.6. The molecule has 8 heteroatoms. The number of ether oxygens (including phenoxy) is 5. The number of nitrogens with zero attached hydrogens (tertiary/aromatic N) is 1. The average Bonchev–Trinajstić information content (AvgIpc) is 3.49. The fourth-order valence-electron chi connectivity index (χ4n) is 14.8. The third-order valence-corrected chi connectivity index (χ3v) is 16.6. The van der Waals surface area contributed by atoms with Crippen LogP contribution in [0.4, 0.5) is 4.79 Å². The monoisotopic (exact) mass is 673 g/mol. The van der Waals surface area contributed by atoms with Gasteiger partial charge in [-0.2, -0.15) is 0 Å². The van der Waals surface area contributed by atoms with Gasteiger partial charge in [0.25, 0.3) is 0 Å². The highest BCUT2D eigenvalue weighted by molar-refractivity contribution is 5.68. The second-order valence-electron chi connectivity index (χ2n) is 18.8. The topological polar surface area (TPSA) is 86.7 Å². The Labute approximate surface area is 290 Å². The van der Waals surface area contributed by atoms with Gasteiger partial charge in [-0.25, -0.2) is 4.79 Å². The predicted molar refractivity (Wildman–Crippen MR) is 184 cm³/mol. The van der Waals surface area contributed by atoms with Crippen molar-refractivity contribution in [1.82, 2.24) is 4.90 Å². The molecule has 0 aromatic rings. The SMILES string of the molecule is CCO[C@@H]([C@H]1C[C@@H](C)[C@H]2[C@H](O1)[C@H](OCC)[C@@]1(C)[C@@H]3CC[C@H]4C(C)(C)[C@@H](OC(=O)N5CCOCC5)CC[C@@]45[C@@H](C)[C@@]35CC[C@]21C)C(C)(C)O. The van der Waals surface area contributed by atoms with Gasteiger partial charge in [0, 0.05) is 37.1 Å². The van der Waals surface area contributed by atoms with Crippen LogP contribution in [0.2, 0.25) is 0 Å². The van der Waals surface area contributed by atoms with Crippen molar-refractivity contribution >= 4 is 6.09 Å². The molecule has 2 spiro atoms. The van der Waals surface area contributed by atoms with Crippen molar-refractivity contribution in [1.29, 1.82) is 0 Å². The molecule has 5 saturated carbocycles. The van der Waals surface area contributed by atoms with E-state index in [1.54, 1.807) is 0 Å². The van der Waals surface area contributed by atoms with Gasteiger partial charge in [-0.3, -0.25) is 0 Å². The molecule has 0 aromatic heterocycles. The Morgan fingerprint density at radius 2 is 1.62 bits per heavy atom. The summed E-state index contributed by atoms with van der Waals surface area (Å²) in [7, 11) is 0. The summed E-state index contributed by atoms with van der Waals surface area (Å²) >= 11 is 0. The Bertz CT molecular complexity index is 1230. The first-order valence-electron chi connectivity index (χ1n) is 19.7. The van der Waals surface area contributed by atoms with Gasteiger partial charge in [-0.1, -0.05) is 41.5 Å². The highest BCUT2D eigenvalue weighted by atomic mass is 16.6. The minimum Gasteiger partial charge on any atom is -0.446 e. The van der Waals surface area contributed by atoms with E-state index < -0.39 is 5.60 Å². The third kappa shape index (κ3) is 4.53. The third-order valence-electron chi connectivity index (χ3n) is 16.6. The van der Waals surface area contributed by atoms with E-state index in [1.807, 2.05) is 25.7 Å². The summed E-state index contributed by atoms with van der Waals surface area (Å²) < 4.78 is 32.3. The molecule has 1 N–H and O–H groups in total. The molecule has 7 rings (SSSR count). The molecule has 7 aliphatic rings. The maximum absolute atomic E-state index is 13.3. The molecule has 2 saturated heterocycles. The van der Waals surface area contributed by atoms with E-state index in [4.69, 9.17) is 23.7 Å². The van der Waals surface area contributed by atoms with Crippen LogP contribution in [0, 0.1) is 56.7 Å². The highest BCUT2D eigenvalue weighted by Crippen LogP contribution is 2.91. The lowest BCUT2D eigenvalue weighted by molar-refractivity contribution is -0.220. The molecular weight excluding hydrogens is 606 g/mol. The molecule has 48 heavy (non-hydrogen) atoms. The number of rotatable bonds is 7. The normalized spacial score (nSPS) is 49.9. The Kier molecular flexibility index (Phi) is 8.72. The van der Waals surface area contributed by atoms with E-state index in [0.717, 1.165) is 19.3 Å². The molecule has 2 aliphatic heterocycles. The number of carbonyl (C=O) groups excluding carboxylic acids is 1. The number of amides is 1. The van der Waals surface area contributed by atoms with Crippen molar-refractivity contribution < 1.29 is 33.6 Å². The molecule has 274 valence electrons. The average molecular weight is 674 g/mol. The van der Waals surface area contributed by atoms with Crippen molar-refractivity contribution in [3.8, 4) is 0 Å². The molecule has 0 radical (unpaired) electrons. The molecule has 1 amide bonds. The molecule has 0 aromatic carbocycles. The molecule has 7 fully saturated rings. The Morgan fingerprint density at radius 1 is 0.958 bits per heavy atom. The van der Waals surface area contributed by atoms with Crippen LogP contribution >= 0.6 is 0 Å². The number of hydrogen-bond acceptors (Lipinski definition) is 7. The van der Waals surface area contributed by atoms with E-state index in [1.165, 1.54) is 25.7 Å². The lowest BCUT2D eigenvalue weighted by atomic mass is 9.41. The van der Waals surface area contributed by atoms with Crippen molar-refractivity contribution in [2.24, 2.45) is 56.7 Å². The number of hydrogen-bond donors (Lipinski definition) is 1. The summed E-state index contributed by atoms with van der Waals surface area (Å²) in [5.74, 6) is 2.60. The molecular formula is C40H67NO7. The Hall–Kier alpha value is -0.930. The summed E-state index contributed by atoms with van der Waals surface area (Å²) in [4.78, 5) is 15.1. The van der Waals surface area contributed by atoms with E-state index in [-0.39, 0.29) is 63.7 Å². The predicted octanol–water partition coefficient (Wildman–Crippen LogP) is 7.10. The van der Waals surface area contributed by atoms with Crippen molar-refractivity contribution in [2.75, 3.05) is 39.5 Å². The van der Waals surface area contributed by atoms with Gasteiger partial charge in [0.15, 0.2) is 0 Å². The fourth-order valence-corrected chi connectivity index (χ4v) is 14.8. The van der Waals surface area contributed by atoms with Crippen LogP contribution in [0.1, 0.15) is 114 Å². The summed E-state index contributed by atoms with van der Waals surface area (Å²) in [5, 5.41) is 11.2. The van der Waals surface area contributed by atoms with E-state index in [9.17, 15) is 9.90 Å². The quantitative estimate of drug-likeness (QED) is 0.309. The first-order valence-corrected chi connectivity index (χ1v) is 19.7. The van der Waals surface area contributed by atoms with Crippen molar-refractivity contribution in [3.63, 3.8) is 0 Å². The van der Waals surface area contributed by atoms with Crippen molar-refractivity contribution in [3.05, 3.63) is 0 Å². The minimum absolute atomic E-state index is 0.00855. The summed E-state index contributed by atoms with van der Waals surface area (Å²) in [5.41, 5.74) is -0.427. The van der Waals surface area contributed by atoms with Gasteiger partial charge >= 0.3 is 6.09 Å². The lowest BCUT2D eigenvalue weighted by Gasteiger charge is -2.64. The second-order valence-corrected chi connectivity index (χ2v) is 18.8. The standard InChI is InChI=1S/C40H67NO7/c1-11-45-32(36(7,8)43)26-23-24(3)30-31(47-26)33(46-12-2)38(10)28-14-13-27-35(5,6)29(48-34(42)41-19-21-44-22-20-41)15-16-39(27)25(4)40(28,39)18-17-37(30,38)9/h24-33,43H,11-23H2,1-10H3/t24-,25-,26-,27+,28+,29+,30+,31+,32+,33+,37-,38-,39-,40+/m1/s1. The number of fused-ring (bicyclic) bond motifs is 4. The second kappa shape index (κ2) is 11.8. The minimum atomic E-state index is -0.992. The van der Waals surface area contributed by atoms with Gasteiger partial charge in [0.1, 0.15) is 12.2 Å². The van der Waals surface area contributed by atoms with Crippen LogP contribution in [0.5, 0.6) is 0 Å². The van der Waals surface area contributed by atoms with Crippen LogP contribution in [0.25, 0.3) is 0 Å². The van der Waals surface area contributed by atoms with Gasteiger partial charge in [-0.05, 0) is 118 Å². The Balaban J connectivity index is 1.20. The first kappa shape index (κ1) is 35.5. The van der Waals surface area contributed by atoms with E-state index in [0.29, 0.717) is 69.1 Å². The van der Waals surface area contributed by atoms with Gasteiger partial charge in [-0.15, -0.1) is 0 Å². The zero-order chi connectivity index (χ0) is 34.7. The maximum atomic E-state index is 13.3. The van der Waals surface area contributed by atoms with Crippen LogP contribution in [0.3, 0.4) is 0 Å².